The van der Waals surface area contributed by atoms with Crippen molar-refractivity contribution < 1.29 is 8.78 Å². The Balaban J connectivity index is 2.29. The zero-order valence-electron chi connectivity index (χ0n) is 10.4. The van der Waals surface area contributed by atoms with Crippen molar-refractivity contribution in [3.8, 4) is 0 Å². The number of rotatable bonds is 5. The summed E-state index contributed by atoms with van der Waals surface area (Å²) in [6.45, 7) is 2.65. The third-order valence-electron chi connectivity index (χ3n) is 2.88. The number of benzene rings is 1. The predicted molar refractivity (Wildman–Crippen MR) is 75.8 cm³/mol. The summed E-state index contributed by atoms with van der Waals surface area (Å²) in [5, 5.41) is 5.73. The van der Waals surface area contributed by atoms with E-state index >= 15 is 0 Å². The summed E-state index contributed by atoms with van der Waals surface area (Å²) in [5.74, 6) is -1.04. The lowest BCUT2D eigenvalue weighted by Crippen LogP contribution is -2.23. The van der Waals surface area contributed by atoms with Crippen LogP contribution in [0.4, 0.5) is 8.78 Å². The van der Waals surface area contributed by atoms with Crippen molar-refractivity contribution in [3.05, 3.63) is 56.7 Å². The van der Waals surface area contributed by atoms with Crippen LogP contribution in [0.2, 0.25) is 5.02 Å². The van der Waals surface area contributed by atoms with Crippen LogP contribution in [-0.4, -0.2) is 6.54 Å². The molecule has 0 bridgehead atoms. The van der Waals surface area contributed by atoms with Crippen molar-refractivity contribution in [1.29, 1.82) is 0 Å². The third-order valence-corrected chi connectivity index (χ3v) is 4.35. The van der Waals surface area contributed by atoms with Gasteiger partial charge in [-0.15, -0.1) is 11.3 Å². The van der Waals surface area contributed by atoms with Crippen molar-refractivity contribution >= 4 is 22.9 Å². The molecule has 1 atom stereocenters. The highest BCUT2D eigenvalue weighted by Gasteiger charge is 2.19. The van der Waals surface area contributed by atoms with Gasteiger partial charge >= 0.3 is 0 Å². The number of likely N-dealkylation sites (N-methyl/N-ethyl adjacent to an activating group) is 1. The minimum Gasteiger partial charge on any atom is -0.309 e. The lowest BCUT2D eigenvalue weighted by Gasteiger charge is -2.18. The highest BCUT2D eigenvalue weighted by atomic mass is 35.5. The van der Waals surface area contributed by atoms with E-state index in [9.17, 15) is 8.78 Å². The number of thiophene rings is 1. The van der Waals surface area contributed by atoms with Gasteiger partial charge in [0.25, 0.3) is 0 Å². The maximum atomic E-state index is 13.7. The van der Waals surface area contributed by atoms with Gasteiger partial charge in [0, 0.05) is 16.5 Å². The fourth-order valence-corrected chi connectivity index (χ4v) is 3.25. The van der Waals surface area contributed by atoms with Crippen LogP contribution < -0.4 is 5.32 Å². The Morgan fingerprint density at radius 1 is 1.26 bits per heavy atom. The lowest BCUT2D eigenvalue weighted by molar-refractivity contribution is 0.504. The molecule has 1 heterocycles. The largest absolute Gasteiger partial charge is 0.309 e. The topological polar surface area (TPSA) is 12.0 Å². The molecular weight excluding hydrogens is 288 g/mol. The Kier molecular flexibility index (Phi) is 4.91. The SMILES string of the molecule is CCNC(Cc1c(F)cccc1F)c1sccc1Cl. The van der Waals surface area contributed by atoms with Crippen molar-refractivity contribution in [1.82, 2.24) is 5.32 Å². The number of hydrogen-bond donors (Lipinski definition) is 1. The van der Waals surface area contributed by atoms with Gasteiger partial charge in [0.15, 0.2) is 0 Å². The zero-order valence-corrected chi connectivity index (χ0v) is 12.0. The van der Waals surface area contributed by atoms with Crippen LogP contribution in [0.15, 0.2) is 29.6 Å². The Hall–Kier alpha value is -0.970. The van der Waals surface area contributed by atoms with E-state index in [0.717, 1.165) is 4.88 Å². The summed E-state index contributed by atoms with van der Waals surface area (Å²) in [4.78, 5) is 0.908. The average Bonchev–Trinajstić information content (AvgIpc) is 2.79. The Bertz CT molecular complexity index is 536. The monoisotopic (exact) mass is 301 g/mol. The number of hydrogen-bond acceptors (Lipinski definition) is 2. The van der Waals surface area contributed by atoms with Crippen LogP contribution in [0.3, 0.4) is 0 Å². The van der Waals surface area contributed by atoms with Crippen molar-refractivity contribution in [3.63, 3.8) is 0 Å². The Morgan fingerprint density at radius 3 is 2.47 bits per heavy atom. The first-order valence-electron chi connectivity index (χ1n) is 6.02. The standard InChI is InChI=1S/C14H14ClF2NS/c1-2-18-13(14-10(15)6-7-19-14)8-9-11(16)4-3-5-12(9)17/h3-7,13,18H,2,8H2,1H3. The van der Waals surface area contributed by atoms with Gasteiger partial charge in [0.2, 0.25) is 0 Å². The van der Waals surface area contributed by atoms with Gasteiger partial charge in [-0.3, -0.25) is 0 Å². The second-order valence-corrected chi connectivity index (χ2v) is 5.50. The molecule has 19 heavy (non-hydrogen) atoms. The first-order valence-corrected chi connectivity index (χ1v) is 7.28. The second-order valence-electron chi connectivity index (χ2n) is 4.15. The van der Waals surface area contributed by atoms with E-state index in [2.05, 4.69) is 5.32 Å². The first kappa shape index (κ1) is 14.4. The third kappa shape index (κ3) is 3.32. The summed E-state index contributed by atoms with van der Waals surface area (Å²) < 4.78 is 27.4. The molecule has 0 spiro atoms. The van der Waals surface area contributed by atoms with Gasteiger partial charge in [-0.1, -0.05) is 24.6 Å². The molecule has 0 aliphatic rings. The molecule has 0 aliphatic carbocycles. The molecule has 1 nitrogen and oxygen atoms in total. The van der Waals surface area contributed by atoms with E-state index in [1.165, 1.54) is 29.5 Å². The average molecular weight is 302 g/mol. The number of halogens is 3. The maximum Gasteiger partial charge on any atom is 0.129 e. The van der Waals surface area contributed by atoms with Gasteiger partial charge in [-0.2, -0.15) is 0 Å². The van der Waals surface area contributed by atoms with E-state index in [1.54, 1.807) is 6.07 Å². The predicted octanol–water partition coefficient (Wildman–Crippen LogP) is 4.57. The van der Waals surface area contributed by atoms with Gasteiger partial charge in [0.1, 0.15) is 11.6 Å². The van der Waals surface area contributed by atoms with E-state index in [-0.39, 0.29) is 18.0 Å². The second kappa shape index (κ2) is 6.46. The summed E-state index contributed by atoms with van der Waals surface area (Å²) >= 11 is 7.59. The van der Waals surface area contributed by atoms with E-state index in [1.807, 2.05) is 12.3 Å². The van der Waals surface area contributed by atoms with Crippen LogP contribution in [0.5, 0.6) is 0 Å². The highest BCUT2D eigenvalue weighted by molar-refractivity contribution is 7.10. The van der Waals surface area contributed by atoms with E-state index < -0.39 is 11.6 Å². The molecule has 102 valence electrons. The zero-order chi connectivity index (χ0) is 13.8. The quantitative estimate of drug-likeness (QED) is 0.853. The molecule has 5 heteroatoms. The molecule has 2 rings (SSSR count). The Morgan fingerprint density at radius 2 is 1.95 bits per heavy atom. The minimum atomic E-state index is -0.518. The summed E-state index contributed by atoms with van der Waals surface area (Å²) in [7, 11) is 0. The Labute approximate surface area is 120 Å². The van der Waals surface area contributed by atoms with E-state index in [4.69, 9.17) is 11.6 Å². The molecule has 0 fully saturated rings. The molecule has 0 aliphatic heterocycles. The first-order chi connectivity index (χ1) is 9.13. The molecule has 0 radical (unpaired) electrons. The van der Waals surface area contributed by atoms with Crippen molar-refractivity contribution in [2.45, 2.75) is 19.4 Å². The highest BCUT2D eigenvalue weighted by Crippen LogP contribution is 2.31. The minimum absolute atomic E-state index is 0.0953. The van der Waals surface area contributed by atoms with Crippen LogP contribution in [0, 0.1) is 11.6 Å². The lowest BCUT2D eigenvalue weighted by atomic mass is 10.0. The van der Waals surface area contributed by atoms with Crippen molar-refractivity contribution in [2.24, 2.45) is 0 Å². The summed E-state index contributed by atoms with van der Waals surface area (Å²) in [6, 6.07) is 5.54. The van der Waals surface area contributed by atoms with Gasteiger partial charge in [-0.25, -0.2) is 8.78 Å². The van der Waals surface area contributed by atoms with Crippen LogP contribution in [0.25, 0.3) is 0 Å². The van der Waals surface area contributed by atoms with Gasteiger partial charge < -0.3 is 5.32 Å². The molecule has 1 N–H and O–H groups in total. The molecule has 1 unspecified atom stereocenters. The molecule has 1 aromatic carbocycles. The summed E-state index contributed by atoms with van der Waals surface area (Å²) in [6.07, 6.45) is 0.243. The van der Waals surface area contributed by atoms with Crippen LogP contribution in [-0.2, 0) is 6.42 Å². The number of nitrogens with one attached hydrogen (secondary N) is 1. The van der Waals surface area contributed by atoms with E-state index in [0.29, 0.717) is 11.6 Å². The van der Waals surface area contributed by atoms with Gasteiger partial charge in [0.05, 0.1) is 5.02 Å². The molecule has 0 amide bonds. The molecular formula is C14H14ClF2NS. The smallest absolute Gasteiger partial charge is 0.129 e. The van der Waals surface area contributed by atoms with Crippen LogP contribution >= 0.6 is 22.9 Å². The maximum absolute atomic E-state index is 13.7. The van der Waals surface area contributed by atoms with Crippen LogP contribution in [0.1, 0.15) is 23.4 Å². The molecule has 0 saturated heterocycles. The van der Waals surface area contributed by atoms with Crippen molar-refractivity contribution in [2.75, 3.05) is 6.54 Å². The summed E-state index contributed by atoms with van der Waals surface area (Å²) in [5.41, 5.74) is 0.0953. The molecule has 0 saturated carbocycles. The molecule has 2 aromatic rings. The normalized spacial score (nSPS) is 12.6. The fourth-order valence-electron chi connectivity index (χ4n) is 1.99. The fraction of sp³-hybridized carbons (Fsp3) is 0.286. The molecule has 1 aromatic heterocycles. The van der Waals surface area contributed by atoms with Gasteiger partial charge in [-0.05, 0) is 36.5 Å².